The minimum absolute atomic E-state index is 0.0307. The number of benzene rings is 2. The standard InChI is InChI=1S/C41H45F2N5O5/c1-4-29-31(42)9-8-25-16-26(49)17-30(33(25)29)36-35(43)37-34(39(44-36)51-3)38(48-19-24-15-28(20-48)52-21-24)46-40(45-37)53-22-41-10-5-7-32(41)47(12-6-11-41)18-23-13-27(14-23)50-2/h1,8-9,16-17,23-24,27-28,32,49H,5-7,10-15,18-22H2,2-3H3/t23?,24?,27?,28?,32-,41-/m1/s1. The minimum atomic E-state index is -0.778. The molecule has 2 aromatic heterocycles. The molecule has 0 amide bonds. The van der Waals surface area contributed by atoms with E-state index in [9.17, 15) is 5.11 Å². The normalized spacial score (nSPS) is 28.2. The first-order valence-electron chi connectivity index (χ1n) is 18.9. The molecule has 12 heteroatoms. The monoisotopic (exact) mass is 725 g/mol. The lowest BCUT2D eigenvalue weighted by Gasteiger charge is -2.48. The maximum Gasteiger partial charge on any atom is 0.319 e. The molecule has 2 aromatic carbocycles. The third kappa shape index (κ3) is 5.92. The molecule has 5 aliphatic rings. The number of pyridine rings is 1. The van der Waals surface area contributed by atoms with Crippen LogP contribution in [0.3, 0.4) is 0 Å². The van der Waals surface area contributed by atoms with Crippen LogP contribution in [0.1, 0.15) is 56.9 Å². The first-order valence-corrected chi connectivity index (χ1v) is 18.9. The first kappa shape index (κ1) is 34.5. The number of terminal acetylenes is 1. The van der Waals surface area contributed by atoms with Crippen LogP contribution in [0.15, 0.2) is 24.3 Å². The van der Waals surface area contributed by atoms with E-state index in [1.165, 1.54) is 31.4 Å². The van der Waals surface area contributed by atoms with E-state index >= 15 is 8.78 Å². The second-order valence-corrected chi connectivity index (χ2v) is 15.8. The van der Waals surface area contributed by atoms with Gasteiger partial charge < -0.3 is 29.0 Å². The molecule has 4 atom stereocenters. The van der Waals surface area contributed by atoms with Gasteiger partial charge in [0.15, 0.2) is 5.82 Å². The molecule has 0 spiro atoms. The van der Waals surface area contributed by atoms with Crippen LogP contribution in [-0.4, -0.2) is 96.8 Å². The fraction of sp³-hybridized carbons (Fsp3) is 0.537. The minimum Gasteiger partial charge on any atom is -0.508 e. The van der Waals surface area contributed by atoms with Crippen molar-refractivity contribution in [3.8, 4) is 41.2 Å². The van der Waals surface area contributed by atoms with Crippen molar-refractivity contribution >= 4 is 27.5 Å². The van der Waals surface area contributed by atoms with E-state index in [0.717, 1.165) is 64.5 Å². The van der Waals surface area contributed by atoms with Crippen molar-refractivity contribution in [3.63, 3.8) is 0 Å². The Morgan fingerprint density at radius 1 is 1.06 bits per heavy atom. The van der Waals surface area contributed by atoms with Gasteiger partial charge in [-0.3, -0.25) is 4.90 Å². The van der Waals surface area contributed by atoms with Gasteiger partial charge in [0.25, 0.3) is 0 Å². The van der Waals surface area contributed by atoms with Gasteiger partial charge in [0, 0.05) is 55.1 Å². The number of phenolic OH excluding ortho intramolecular Hbond substituents is 1. The number of fused-ring (bicyclic) bond motifs is 5. The number of phenols is 1. The zero-order valence-corrected chi connectivity index (χ0v) is 30.2. The van der Waals surface area contributed by atoms with Gasteiger partial charge in [-0.25, -0.2) is 13.8 Å². The molecule has 3 saturated heterocycles. The number of nitrogens with zero attached hydrogens (tertiary/aromatic N) is 5. The highest BCUT2D eigenvalue weighted by Crippen LogP contribution is 2.49. The molecule has 3 aliphatic heterocycles. The molecule has 2 unspecified atom stereocenters. The molecule has 2 saturated carbocycles. The topological polar surface area (TPSA) is 102 Å². The van der Waals surface area contributed by atoms with E-state index in [-0.39, 0.29) is 56.9 Å². The van der Waals surface area contributed by atoms with Crippen molar-refractivity contribution < 1.29 is 32.8 Å². The second kappa shape index (κ2) is 13.5. The average molecular weight is 726 g/mol. The molecule has 5 heterocycles. The van der Waals surface area contributed by atoms with Gasteiger partial charge in [0.1, 0.15) is 34.0 Å². The van der Waals surface area contributed by atoms with Crippen LogP contribution in [0.5, 0.6) is 17.6 Å². The van der Waals surface area contributed by atoms with Crippen LogP contribution in [0.25, 0.3) is 32.9 Å². The zero-order chi connectivity index (χ0) is 36.4. The summed E-state index contributed by atoms with van der Waals surface area (Å²) in [6, 6.07) is 6.01. The summed E-state index contributed by atoms with van der Waals surface area (Å²) in [5.74, 6) is 2.37. The van der Waals surface area contributed by atoms with Gasteiger partial charge in [-0.15, -0.1) is 6.42 Å². The Bertz CT molecular complexity index is 2110. The SMILES string of the molecule is C#Cc1c(F)ccc2cc(O)cc(-c3nc(OC)c4c(N5CC6COC(C6)C5)nc(OC[C@]56CCC[C@H]5N(CC5CC(OC)C5)CCC6)nc4c3F)c12. The average Bonchev–Trinajstić information content (AvgIpc) is 3.74. The predicted molar refractivity (Wildman–Crippen MR) is 196 cm³/mol. The van der Waals surface area contributed by atoms with E-state index in [2.05, 4.69) is 20.7 Å². The summed E-state index contributed by atoms with van der Waals surface area (Å²) < 4.78 is 56.4. The number of aromatic nitrogens is 3. The van der Waals surface area contributed by atoms with Crippen molar-refractivity contribution in [2.45, 2.75) is 69.6 Å². The number of rotatable bonds is 9. The Morgan fingerprint density at radius 3 is 2.70 bits per heavy atom. The maximum absolute atomic E-state index is 17.3. The Labute approximate surface area is 307 Å². The number of piperidine rings is 2. The summed E-state index contributed by atoms with van der Waals surface area (Å²) >= 11 is 0. The number of halogens is 2. The van der Waals surface area contributed by atoms with Crippen molar-refractivity contribution in [3.05, 3.63) is 41.5 Å². The smallest absolute Gasteiger partial charge is 0.319 e. The summed E-state index contributed by atoms with van der Waals surface area (Å²) in [6.07, 6.45) is 14.8. The highest BCUT2D eigenvalue weighted by molar-refractivity contribution is 6.04. The van der Waals surface area contributed by atoms with Crippen molar-refractivity contribution in [2.24, 2.45) is 17.3 Å². The van der Waals surface area contributed by atoms with Gasteiger partial charge in [-0.1, -0.05) is 18.4 Å². The number of methoxy groups -OCH3 is 2. The molecule has 2 aliphatic carbocycles. The zero-order valence-electron chi connectivity index (χ0n) is 30.2. The van der Waals surface area contributed by atoms with Gasteiger partial charge in [0.2, 0.25) is 5.88 Å². The van der Waals surface area contributed by atoms with Crippen LogP contribution in [0, 0.1) is 41.2 Å². The predicted octanol–water partition coefficient (Wildman–Crippen LogP) is 6.48. The maximum atomic E-state index is 17.3. The first-order chi connectivity index (χ1) is 25.8. The Balaban J connectivity index is 1.14. The molecule has 10 nitrogen and oxygen atoms in total. The summed E-state index contributed by atoms with van der Waals surface area (Å²) in [5.41, 5.74) is -0.204. The van der Waals surface area contributed by atoms with Crippen LogP contribution in [0.2, 0.25) is 0 Å². The summed E-state index contributed by atoms with van der Waals surface area (Å²) in [6.45, 7) is 4.50. The number of aromatic hydroxyl groups is 1. The summed E-state index contributed by atoms with van der Waals surface area (Å²) in [5, 5.41) is 11.7. The molecule has 278 valence electrons. The van der Waals surface area contributed by atoms with E-state index in [1.54, 1.807) is 7.11 Å². The molecule has 0 radical (unpaired) electrons. The largest absolute Gasteiger partial charge is 0.508 e. The van der Waals surface area contributed by atoms with Crippen LogP contribution >= 0.6 is 0 Å². The Morgan fingerprint density at radius 2 is 1.91 bits per heavy atom. The lowest BCUT2D eigenvalue weighted by Crippen LogP contribution is -2.54. The molecular weight excluding hydrogens is 680 g/mol. The lowest BCUT2D eigenvalue weighted by atomic mass is 9.74. The quantitative estimate of drug-likeness (QED) is 0.193. The van der Waals surface area contributed by atoms with Gasteiger partial charge in [-0.05, 0) is 81.0 Å². The highest BCUT2D eigenvalue weighted by Gasteiger charge is 2.49. The molecule has 2 bridgehead atoms. The Hall–Kier alpha value is -4.31. The molecular formula is C41H45F2N5O5. The number of ether oxygens (including phenoxy) is 4. The number of likely N-dealkylation sites (tertiary alicyclic amines) is 1. The fourth-order valence-electron chi connectivity index (χ4n) is 10.1. The fourth-order valence-corrected chi connectivity index (χ4v) is 10.1. The van der Waals surface area contributed by atoms with Crippen molar-refractivity contribution in [2.75, 3.05) is 58.5 Å². The number of anilines is 1. The van der Waals surface area contributed by atoms with E-state index in [0.29, 0.717) is 66.9 Å². The van der Waals surface area contributed by atoms with E-state index in [1.807, 2.05) is 0 Å². The summed E-state index contributed by atoms with van der Waals surface area (Å²) in [4.78, 5) is 19.2. The summed E-state index contributed by atoms with van der Waals surface area (Å²) in [7, 11) is 3.26. The molecule has 9 rings (SSSR count). The van der Waals surface area contributed by atoms with Crippen molar-refractivity contribution in [1.29, 1.82) is 0 Å². The molecule has 53 heavy (non-hydrogen) atoms. The van der Waals surface area contributed by atoms with E-state index < -0.39 is 11.6 Å². The third-order valence-electron chi connectivity index (χ3n) is 12.6. The third-order valence-corrected chi connectivity index (χ3v) is 12.6. The van der Waals surface area contributed by atoms with Gasteiger partial charge >= 0.3 is 6.01 Å². The second-order valence-electron chi connectivity index (χ2n) is 15.8. The number of hydrogen-bond donors (Lipinski definition) is 1. The molecule has 4 aromatic rings. The van der Waals surface area contributed by atoms with Crippen LogP contribution in [-0.2, 0) is 9.47 Å². The van der Waals surface area contributed by atoms with Crippen molar-refractivity contribution in [1.82, 2.24) is 19.9 Å². The van der Waals surface area contributed by atoms with Gasteiger partial charge in [-0.2, -0.15) is 9.97 Å². The van der Waals surface area contributed by atoms with Crippen LogP contribution < -0.4 is 14.4 Å². The van der Waals surface area contributed by atoms with Crippen LogP contribution in [0.4, 0.5) is 14.6 Å². The number of hydrogen-bond acceptors (Lipinski definition) is 10. The highest BCUT2D eigenvalue weighted by atomic mass is 19.1. The molecule has 5 fully saturated rings. The lowest BCUT2D eigenvalue weighted by molar-refractivity contribution is -0.0457. The Kier molecular flexibility index (Phi) is 8.79. The van der Waals surface area contributed by atoms with E-state index in [4.69, 9.17) is 35.3 Å². The molecule has 1 N–H and O–H groups in total. The van der Waals surface area contributed by atoms with Gasteiger partial charge in [0.05, 0.1) is 38.1 Å².